The Kier molecular flexibility index (Phi) is 3.36. The lowest BCUT2D eigenvalue weighted by Crippen LogP contribution is -2.01. The SMILES string of the molecule is C[S+](c1ccccc1)c1cccc2cc3ccccc3cc12. The molecule has 0 aliphatic rings. The van der Waals surface area contributed by atoms with Crippen molar-refractivity contribution < 1.29 is 0 Å². The Hall–Kier alpha value is -2.25. The molecule has 0 spiro atoms. The van der Waals surface area contributed by atoms with E-state index in [1.54, 1.807) is 0 Å². The van der Waals surface area contributed by atoms with Gasteiger partial charge in [-0.3, -0.25) is 0 Å². The minimum absolute atomic E-state index is 0.0857. The van der Waals surface area contributed by atoms with Gasteiger partial charge in [-0.25, -0.2) is 0 Å². The molecule has 4 rings (SSSR count). The van der Waals surface area contributed by atoms with Crippen LogP contribution >= 0.6 is 0 Å². The molecule has 0 bridgehead atoms. The summed E-state index contributed by atoms with van der Waals surface area (Å²) in [5.41, 5.74) is 0. The summed E-state index contributed by atoms with van der Waals surface area (Å²) in [5, 5.41) is 5.32. The van der Waals surface area contributed by atoms with Gasteiger partial charge >= 0.3 is 0 Å². The fraction of sp³-hybridized carbons (Fsp3) is 0.0476. The van der Waals surface area contributed by atoms with E-state index in [4.69, 9.17) is 0 Å². The molecule has 1 atom stereocenters. The Morgan fingerprint density at radius 2 is 1.23 bits per heavy atom. The van der Waals surface area contributed by atoms with Crippen molar-refractivity contribution in [2.45, 2.75) is 9.79 Å². The first-order valence-corrected chi connectivity index (χ1v) is 9.09. The summed E-state index contributed by atoms with van der Waals surface area (Å²) < 4.78 is 0. The second-order valence-electron chi connectivity index (χ2n) is 5.50. The average Bonchev–Trinajstić information content (AvgIpc) is 2.59. The lowest BCUT2D eigenvalue weighted by atomic mass is 10.0. The van der Waals surface area contributed by atoms with Gasteiger partial charge in [0, 0.05) is 5.39 Å². The maximum Gasteiger partial charge on any atom is 0.168 e. The summed E-state index contributed by atoms with van der Waals surface area (Å²) in [6.45, 7) is 0. The second kappa shape index (κ2) is 5.51. The fourth-order valence-electron chi connectivity index (χ4n) is 2.96. The normalized spacial score (nSPS) is 12.6. The molecule has 22 heavy (non-hydrogen) atoms. The predicted molar refractivity (Wildman–Crippen MR) is 97.7 cm³/mol. The van der Waals surface area contributed by atoms with Gasteiger partial charge in [0.25, 0.3) is 0 Å². The molecule has 0 aliphatic carbocycles. The Morgan fingerprint density at radius 1 is 0.591 bits per heavy atom. The number of hydrogen-bond acceptors (Lipinski definition) is 0. The molecular weight excluding hydrogens is 284 g/mol. The molecule has 1 heteroatoms. The third-order valence-electron chi connectivity index (χ3n) is 4.13. The number of benzene rings is 4. The van der Waals surface area contributed by atoms with Crippen molar-refractivity contribution in [1.82, 2.24) is 0 Å². The maximum atomic E-state index is 2.34. The molecule has 0 heterocycles. The Bertz CT molecular complexity index is 941. The van der Waals surface area contributed by atoms with Crippen LogP contribution in [0.5, 0.6) is 0 Å². The van der Waals surface area contributed by atoms with Crippen LogP contribution in [0.25, 0.3) is 21.5 Å². The lowest BCUT2D eigenvalue weighted by molar-refractivity contribution is 1.41. The van der Waals surface area contributed by atoms with E-state index >= 15 is 0 Å². The van der Waals surface area contributed by atoms with Gasteiger partial charge in [0.2, 0.25) is 0 Å². The lowest BCUT2D eigenvalue weighted by Gasteiger charge is -2.08. The van der Waals surface area contributed by atoms with Crippen LogP contribution in [0.2, 0.25) is 0 Å². The van der Waals surface area contributed by atoms with E-state index in [9.17, 15) is 0 Å². The molecule has 0 fully saturated rings. The van der Waals surface area contributed by atoms with Crippen LogP contribution < -0.4 is 0 Å². The summed E-state index contributed by atoms with van der Waals surface area (Å²) in [7, 11) is 0.0857. The molecule has 0 aromatic heterocycles. The molecule has 1 unspecified atom stereocenters. The maximum absolute atomic E-state index is 2.34. The summed E-state index contributed by atoms with van der Waals surface area (Å²) in [5.74, 6) is 0. The van der Waals surface area contributed by atoms with Crippen LogP contribution in [0.1, 0.15) is 0 Å². The Balaban J connectivity index is 1.96. The summed E-state index contributed by atoms with van der Waals surface area (Å²) in [4.78, 5) is 2.82. The van der Waals surface area contributed by atoms with E-state index in [0.717, 1.165) is 0 Å². The van der Waals surface area contributed by atoms with Crippen LogP contribution in [0.15, 0.2) is 94.7 Å². The van der Waals surface area contributed by atoms with Crippen LogP contribution in [0.4, 0.5) is 0 Å². The van der Waals surface area contributed by atoms with Crippen molar-refractivity contribution in [3.05, 3.63) is 84.9 Å². The zero-order valence-electron chi connectivity index (χ0n) is 12.5. The third-order valence-corrected chi connectivity index (χ3v) is 6.13. The minimum atomic E-state index is 0.0857. The van der Waals surface area contributed by atoms with Gasteiger partial charge in [-0.2, -0.15) is 0 Å². The first kappa shape index (κ1) is 13.4. The minimum Gasteiger partial charge on any atom is -0.0619 e. The van der Waals surface area contributed by atoms with Crippen LogP contribution in [0.3, 0.4) is 0 Å². The van der Waals surface area contributed by atoms with Crippen LogP contribution in [-0.2, 0) is 10.9 Å². The van der Waals surface area contributed by atoms with Crippen molar-refractivity contribution in [2.75, 3.05) is 6.26 Å². The first-order valence-electron chi connectivity index (χ1n) is 7.45. The van der Waals surface area contributed by atoms with Gasteiger partial charge in [-0.1, -0.05) is 54.6 Å². The monoisotopic (exact) mass is 301 g/mol. The molecule has 0 saturated heterocycles. The second-order valence-corrected chi connectivity index (χ2v) is 7.43. The van der Waals surface area contributed by atoms with Crippen LogP contribution in [0, 0.1) is 0 Å². The van der Waals surface area contributed by atoms with E-state index in [1.165, 1.54) is 31.3 Å². The fourth-order valence-corrected chi connectivity index (χ4v) is 4.57. The van der Waals surface area contributed by atoms with Gasteiger partial charge in [-0.05, 0) is 46.5 Å². The molecule has 4 aromatic carbocycles. The third kappa shape index (κ3) is 2.28. The molecule has 106 valence electrons. The van der Waals surface area contributed by atoms with E-state index in [0.29, 0.717) is 0 Å². The molecular formula is C21H17S+. The quantitative estimate of drug-likeness (QED) is 0.331. The summed E-state index contributed by atoms with van der Waals surface area (Å²) >= 11 is 0. The predicted octanol–water partition coefficient (Wildman–Crippen LogP) is 5.66. The molecule has 4 aromatic rings. The summed E-state index contributed by atoms with van der Waals surface area (Å²) in [6, 6.07) is 30.7. The average molecular weight is 301 g/mol. The van der Waals surface area contributed by atoms with Gasteiger partial charge in [0.05, 0.1) is 10.9 Å². The Labute approximate surface area is 133 Å². The largest absolute Gasteiger partial charge is 0.168 e. The highest BCUT2D eigenvalue weighted by Gasteiger charge is 2.21. The molecule has 0 nitrogen and oxygen atoms in total. The molecule has 0 N–H and O–H groups in total. The van der Waals surface area contributed by atoms with Crippen molar-refractivity contribution in [3.8, 4) is 0 Å². The topological polar surface area (TPSA) is 0 Å². The Morgan fingerprint density at radius 3 is 2.00 bits per heavy atom. The first-order chi connectivity index (χ1) is 10.8. The van der Waals surface area contributed by atoms with E-state index < -0.39 is 0 Å². The molecule has 0 amide bonds. The molecule has 0 aliphatic heterocycles. The van der Waals surface area contributed by atoms with E-state index in [1.807, 2.05) is 0 Å². The molecule has 0 saturated carbocycles. The summed E-state index contributed by atoms with van der Waals surface area (Å²) in [6.07, 6.45) is 2.32. The van der Waals surface area contributed by atoms with E-state index in [-0.39, 0.29) is 10.9 Å². The highest BCUT2D eigenvalue weighted by molar-refractivity contribution is 7.96. The van der Waals surface area contributed by atoms with Gasteiger partial charge < -0.3 is 0 Å². The van der Waals surface area contributed by atoms with Crippen molar-refractivity contribution in [2.24, 2.45) is 0 Å². The van der Waals surface area contributed by atoms with Crippen molar-refractivity contribution in [1.29, 1.82) is 0 Å². The standard InChI is InChI=1S/C21H17S/c1-22(19-11-3-2-4-12-19)21-13-7-10-18-14-16-8-5-6-9-17(16)15-20(18)21/h2-15H,1H3/q+1. The van der Waals surface area contributed by atoms with E-state index in [2.05, 4.69) is 91.2 Å². The van der Waals surface area contributed by atoms with Gasteiger partial charge in [0.1, 0.15) is 6.26 Å². The zero-order valence-corrected chi connectivity index (χ0v) is 13.3. The van der Waals surface area contributed by atoms with Crippen molar-refractivity contribution in [3.63, 3.8) is 0 Å². The number of rotatable bonds is 2. The smallest absolute Gasteiger partial charge is 0.0619 e. The van der Waals surface area contributed by atoms with Gasteiger partial charge in [0.15, 0.2) is 9.79 Å². The molecule has 0 radical (unpaired) electrons. The number of hydrogen-bond donors (Lipinski definition) is 0. The highest BCUT2D eigenvalue weighted by Crippen LogP contribution is 2.31. The number of fused-ring (bicyclic) bond motifs is 2. The van der Waals surface area contributed by atoms with Crippen molar-refractivity contribution >= 4 is 32.4 Å². The van der Waals surface area contributed by atoms with Crippen LogP contribution in [-0.4, -0.2) is 6.26 Å². The highest BCUT2D eigenvalue weighted by atomic mass is 32.2. The van der Waals surface area contributed by atoms with Gasteiger partial charge in [-0.15, -0.1) is 0 Å². The zero-order chi connectivity index (χ0) is 14.9.